The van der Waals surface area contributed by atoms with E-state index in [1.807, 2.05) is 0 Å². The molecule has 0 spiro atoms. The summed E-state index contributed by atoms with van der Waals surface area (Å²) in [7, 11) is 0. The number of hydrogen-bond donors (Lipinski definition) is 1. The van der Waals surface area contributed by atoms with Gasteiger partial charge in [0, 0.05) is 43.3 Å². The largest absolute Gasteiger partial charge is 0.491 e. The molecule has 4 rings (SSSR count). The van der Waals surface area contributed by atoms with Crippen molar-refractivity contribution in [3.63, 3.8) is 0 Å². The molecule has 43 heavy (non-hydrogen) atoms. The lowest BCUT2D eigenvalue weighted by Gasteiger charge is -2.26. The number of nitrogens with zero attached hydrogens (tertiary/aromatic N) is 4. The van der Waals surface area contributed by atoms with E-state index in [0.717, 1.165) is 4.57 Å². The fourth-order valence-electron chi connectivity index (χ4n) is 4.65. The van der Waals surface area contributed by atoms with Gasteiger partial charge in [-0.05, 0) is 32.0 Å². The Morgan fingerprint density at radius 1 is 1.07 bits per heavy atom. The zero-order valence-corrected chi connectivity index (χ0v) is 24.7. The minimum absolute atomic E-state index is 0.0872. The average molecular weight is 642 g/mol. The molecule has 0 bridgehead atoms. The van der Waals surface area contributed by atoms with Crippen LogP contribution in [-0.2, 0) is 25.6 Å². The van der Waals surface area contributed by atoms with E-state index in [2.05, 4.69) is 4.98 Å². The number of para-hydroxylation sites is 1. The smallest absolute Gasteiger partial charge is 0.425 e. The third kappa shape index (κ3) is 6.64. The van der Waals surface area contributed by atoms with Gasteiger partial charge in [-0.25, -0.2) is 9.78 Å². The molecule has 0 aliphatic carbocycles. The molecule has 2 heterocycles. The van der Waals surface area contributed by atoms with E-state index in [4.69, 9.17) is 38.4 Å². The van der Waals surface area contributed by atoms with Crippen molar-refractivity contribution in [1.29, 1.82) is 0 Å². The highest BCUT2D eigenvalue weighted by molar-refractivity contribution is 6.42. The van der Waals surface area contributed by atoms with E-state index >= 15 is 0 Å². The van der Waals surface area contributed by atoms with Gasteiger partial charge in [0.05, 0.1) is 39.8 Å². The predicted octanol–water partition coefficient (Wildman–Crippen LogP) is 4.77. The first-order valence-corrected chi connectivity index (χ1v) is 14.0. The van der Waals surface area contributed by atoms with Crippen LogP contribution in [0.15, 0.2) is 47.4 Å². The number of halogens is 5. The number of nitrogens with two attached hydrogens (primary N) is 1. The lowest BCUT2D eigenvalue weighted by Crippen LogP contribution is -2.41. The monoisotopic (exact) mass is 641 g/mol. The number of fused-ring (bicyclic) bond motifs is 2. The second-order valence-electron chi connectivity index (χ2n) is 9.31. The minimum Gasteiger partial charge on any atom is -0.425 e. The van der Waals surface area contributed by atoms with Crippen molar-refractivity contribution < 1.29 is 32.2 Å². The lowest BCUT2D eigenvalue weighted by molar-refractivity contribution is -0.210. The third-order valence-electron chi connectivity index (χ3n) is 6.69. The summed E-state index contributed by atoms with van der Waals surface area (Å²) in [5, 5.41) is 0.752. The Hall–Kier alpha value is -3.65. The zero-order valence-electron chi connectivity index (χ0n) is 23.2. The second kappa shape index (κ2) is 13.3. The van der Waals surface area contributed by atoms with Gasteiger partial charge in [0.25, 0.3) is 17.7 Å². The molecule has 0 saturated heterocycles. The Labute approximate surface area is 253 Å². The van der Waals surface area contributed by atoms with Gasteiger partial charge in [0.2, 0.25) is 0 Å². The summed E-state index contributed by atoms with van der Waals surface area (Å²) in [5.74, 6) is -3.41. The van der Waals surface area contributed by atoms with Gasteiger partial charge in [-0.3, -0.25) is 9.59 Å². The molecule has 230 valence electrons. The van der Waals surface area contributed by atoms with Crippen LogP contribution in [0.25, 0.3) is 33.2 Å². The molecule has 0 fully saturated rings. The van der Waals surface area contributed by atoms with Gasteiger partial charge >= 0.3 is 12.1 Å². The molecule has 0 radical (unpaired) electrons. The van der Waals surface area contributed by atoms with Gasteiger partial charge in [-0.2, -0.15) is 13.2 Å². The Bertz CT molecular complexity index is 1720. The molecule has 0 saturated carbocycles. The van der Waals surface area contributed by atoms with Crippen LogP contribution in [0.4, 0.5) is 13.2 Å². The normalized spacial score (nSPS) is 12.6. The van der Waals surface area contributed by atoms with Crippen LogP contribution in [0.5, 0.6) is 0 Å². The topological polar surface area (TPSA) is 122 Å². The summed E-state index contributed by atoms with van der Waals surface area (Å²) < 4.78 is 52.6. The molecule has 2 aromatic carbocycles. The SMILES string of the molecule is CCN(CC)C(=O)C(OC(=O)C(F)(F)F)n1cc(-c2nc3cc(Cl)c(Cl)cc3n(CCOCCN)c2=O)c2ccccc21. The molecule has 10 nitrogen and oxygen atoms in total. The van der Waals surface area contributed by atoms with Gasteiger partial charge in [-0.15, -0.1) is 0 Å². The number of aromatic nitrogens is 3. The highest BCUT2D eigenvalue weighted by Gasteiger charge is 2.44. The molecule has 1 amide bonds. The molecular weight excluding hydrogens is 614 g/mol. The van der Waals surface area contributed by atoms with E-state index in [9.17, 15) is 27.6 Å². The van der Waals surface area contributed by atoms with Gasteiger partial charge in [0.15, 0.2) is 0 Å². The number of benzene rings is 2. The maximum Gasteiger partial charge on any atom is 0.491 e. The van der Waals surface area contributed by atoms with Crippen LogP contribution in [0, 0.1) is 0 Å². The molecule has 2 aromatic heterocycles. The maximum absolute atomic E-state index is 13.9. The van der Waals surface area contributed by atoms with E-state index in [1.165, 1.54) is 33.9 Å². The first kappa shape index (κ1) is 32.3. The molecule has 0 aliphatic rings. The number of esters is 1. The molecule has 2 N–H and O–H groups in total. The summed E-state index contributed by atoms with van der Waals surface area (Å²) in [6.07, 6.45) is -6.09. The first-order valence-electron chi connectivity index (χ1n) is 13.3. The van der Waals surface area contributed by atoms with Gasteiger partial charge in [0.1, 0.15) is 5.69 Å². The Kier molecular flexibility index (Phi) is 10.0. The number of rotatable bonds is 11. The Morgan fingerprint density at radius 2 is 1.74 bits per heavy atom. The van der Waals surface area contributed by atoms with E-state index in [1.54, 1.807) is 32.0 Å². The predicted molar refractivity (Wildman–Crippen MR) is 156 cm³/mol. The van der Waals surface area contributed by atoms with Crippen molar-refractivity contribution in [2.45, 2.75) is 32.8 Å². The number of ether oxygens (including phenoxy) is 2. The van der Waals surface area contributed by atoms with Crippen LogP contribution in [-0.4, -0.2) is 69.9 Å². The standard InChI is InChI=1S/C28H28Cl2F3N5O5/c1-3-36(4-2)25(40)26(43-27(41)28(31,32)33)38-15-17(16-7-5-6-8-21(16)38)23-24(39)37(10-12-42-11-9-34)22-14-19(30)18(29)13-20(22)35-23/h5-8,13-15,26H,3-4,9-12,34H2,1-2H3. The summed E-state index contributed by atoms with van der Waals surface area (Å²) in [6.45, 7) is 4.34. The van der Waals surface area contributed by atoms with Crippen molar-refractivity contribution >= 4 is 57.0 Å². The van der Waals surface area contributed by atoms with Crippen LogP contribution >= 0.6 is 23.2 Å². The Morgan fingerprint density at radius 3 is 2.40 bits per heavy atom. The molecule has 4 aromatic rings. The molecular formula is C28H28Cl2F3N5O5. The average Bonchev–Trinajstić information content (AvgIpc) is 3.35. The van der Waals surface area contributed by atoms with Crippen LogP contribution in [0.2, 0.25) is 10.0 Å². The number of alkyl halides is 3. The molecule has 0 aliphatic heterocycles. The van der Waals surface area contributed by atoms with E-state index < -0.39 is 29.8 Å². The summed E-state index contributed by atoms with van der Waals surface area (Å²) >= 11 is 12.5. The maximum atomic E-state index is 13.9. The van der Waals surface area contributed by atoms with Crippen LogP contribution in [0.3, 0.4) is 0 Å². The molecule has 1 unspecified atom stereocenters. The van der Waals surface area contributed by atoms with Crippen molar-refractivity contribution in [3.8, 4) is 11.3 Å². The van der Waals surface area contributed by atoms with Gasteiger partial charge in [-0.1, -0.05) is 41.4 Å². The van der Waals surface area contributed by atoms with Gasteiger partial charge < -0.3 is 29.2 Å². The van der Waals surface area contributed by atoms with E-state index in [-0.39, 0.29) is 66.2 Å². The number of likely N-dealkylation sites (N-methyl/N-ethyl adjacent to an activating group) is 1. The van der Waals surface area contributed by atoms with Crippen LogP contribution in [0.1, 0.15) is 20.1 Å². The first-order chi connectivity index (χ1) is 20.4. The zero-order chi connectivity index (χ0) is 31.5. The Balaban J connectivity index is 1.97. The van der Waals surface area contributed by atoms with Crippen molar-refractivity contribution in [3.05, 3.63) is 63.0 Å². The minimum atomic E-state index is -5.35. The summed E-state index contributed by atoms with van der Waals surface area (Å²) in [4.78, 5) is 45.1. The quantitative estimate of drug-likeness (QED) is 0.185. The highest BCUT2D eigenvalue weighted by Crippen LogP contribution is 2.34. The second-order valence-corrected chi connectivity index (χ2v) is 10.1. The van der Waals surface area contributed by atoms with Crippen molar-refractivity contribution in [1.82, 2.24) is 19.0 Å². The summed E-state index contributed by atoms with van der Waals surface area (Å²) in [6, 6.07) is 9.36. The lowest BCUT2D eigenvalue weighted by atomic mass is 10.1. The van der Waals surface area contributed by atoms with Crippen molar-refractivity contribution in [2.24, 2.45) is 5.73 Å². The summed E-state index contributed by atoms with van der Waals surface area (Å²) in [5.41, 5.74) is 5.94. The number of carbonyl (C=O) groups excluding carboxylic acids is 2. The molecule has 15 heteroatoms. The fourth-order valence-corrected chi connectivity index (χ4v) is 4.96. The van der Waals surface area contributed by atoms with Crippen LogP contribution < -0.4 is 11.3 Å². The highest BCUT2D eigenvalue weighted by atomic mass is 35.5. The fraction of sp³-hybridized carbons (Fsp3) is 0.357. The van der Waals surface area contributed by atoms with E-state index in [0.29, 0.717) is 16.4 Å². The number of carbonyl (C=O) groups is 2. The third-order valence-corrected chi connectivity index (χ3v) is 7.42. The number of hydrogen-bond acceptors (Lipinski definition) is 7. The number of amides is 1. The molecule has 1 atom stereocenters. The van der Waals surface area contributed by atoms with Crippen molar-refractivity contribution in [2.75, 3.05) is 32.8 Å².